The molecule has 54 valence electrons. The van der Waals surface area contributed by atoms with E-state index in [4.69, 9.17) is 0 Å². The number of nitrogens with one attached hydrogen (secondary N) is 1. The highest BCUT2D eigenvalue weighted by atomic mass is 35.5. The molecule has 1 heterocycles. The van der Waals surface area contributed by atoms with E-state index in [9.17, 15) is 0 Å². The van der Waals surface area contributed by atoms with Gasteiger partial charge in [0.05, 0.1) is 0 Å². The molecule has 1 aliphatic heterocycles. The van der Waals surface area contributed by atoms with E-state index in [0.717, 1.165) is 0 Å². The lowest BCUT2D eigenvalue weighted by Gasteiger charge is -1.76. The van der Waals surface area contributed by atoms with Gasteiger partial charge in [0.2, 0.25) is 0 Å². The van der Waals surface area contributed by atoms with E-state index >= 15 is 0 Å². The normalized spacial score (nSPS) is 15.0. The van der Waals surface area contributed by atoms with Crippen LogP contribution in [-0.2, 0) is 0 Å². The minimum absolute atomic E-state index is 0. The Morgan fingerprint density at radius 3 is 1.25 bits per heavy atom. The summed E-state index contributed by atoms with van der Waals surface area (Å²) >= 11 is 0. The second-order valence-corrected chi connectivity index (χ2v) is 1.46. The Morgan fingerprint density at radius 1 is 0.750 bits per heavy atom. The predicted octanol–water partition coefficient (Wildman–Crippen LogP) is 1.64. The molecule has 4 heteroatoms. The van der Waals surface area contributed by atoms with Crippen molar-refractivity contribution in [3.05, 3.63) is 0 Å². The monoisotopic (exact) mass is 179 g/mol. The molecule has 8 heavy (non-hydrogen) atoms. The summed E-state index contributed by atoms with van der Waals surface area (Å²) in [6.45, 7) is 2.50. The standard InChI is InChI=1S/C4H9N.3ClH/c1-2-4-5-3-1;;;/h5H,1-4H2;3*1H. The lowest BCUT2D eigenvalue weighted by atomic mass is 10.4. The molecular formula is C4H12Cl3N. The number of rotatable bonds is 0. The average Bonchev–Trinajstić information content (AvgIpc) is 1.76. The van der Waals surface area contributed by atoms with Crippen molar-refractivity contribution in [2.45, 2.75) is 12.8 Å². The first-order valence-corrected chi connectivity index (χ1v) is 2.21. The van der Waals surface area contributed by atoms with Crippen LogP contribution in [-0.4, -0.2) is 13.1 Å². The fourth-order valence-electron chi connectivity index (χ4n) is 0.625. The molecule has 0 saturated carbocycles. The van der Waals surface area contributed by atoms with Gasteiger partial charge in [-0.25, -0.2) is 0 Å². The third kappa shape index (κ3) is 6.83. The first kappa shape index (κ1) is 15.9. The third-order valence-corrected chi connectivity index (χ3v) is 0.957. The van der Waals surface area contributed by atoms with E-state index in [-0.39, 0.29) is 37.2 Å². The Hall–Kier alpha value is 0.830. The highest BCUT2D eigenvalue weighted by Crippen LogP contribution is 1.90. The SMILES string of the molecule is C1CCNC1.Cl.Cl.Cl. The maximum atomic E-state index is 3.22. The molecule has 1 nitrogen and oxygen atoms in total. The van der Waals surface area contributed by atoms with Crippen molar-refractivity contribution in [3.8, 4) is 0 Å². The maximum absolute atomic E-state index is 3.22. The smallest absolute Gasteiger partial charge is 0.00484 e. The van der Waals surface area contributed by atoms with E-state index in [1.165, 1.54) is 25.9 Å². The van der Waals surface area contributed by atoms with Crippen LogP contribution < -0.4 is 5.32 Å². The van der Waals surface area contributed by atoms with Gasteiger partial charge in [-0.2, -0.15) is 0 Å². The zero-order valence-corrected chi connectivity index (χ0v) is 7.00. The Bertz CT molecular complexity index is 22.9. The molecule has 1 saturated heterocycles. The zero-order chi connectivity index (χ0) is 3.54. The summed E-state index contributed by atoms with van der Waals surface area (Å²) in [6, 6.07) is 0. The Labute approximate surface area is 68.8 Å². The minimum Gasteiger partial charge on any atom is -0.317 e. The van der Waals surface area contributed by atoms with Gasteiger partial charge in [0.15, 0.2) is 0 Å². The van der Waals surface area contributed by atoms with Gasteiger partial charge in [0, 0.05) is 0 Å². The zero-order valence-electron chi connectivity index (χ0n) is 4.55. The van der Waals surface area contributed by atoms with Crippen molar-refractivity contribution in [2.75, 3.05) is 13.1 Å². The second-order valence-electron chi connectivity index (χ2n) is 1.46. The highest BCUT2D eigenvalue weighted by molar-refractivity contribution is 5.86. The first-order chi connectivity index (χ1) is 2.50. The van der Waals surface area contributed by atoms with E-state index in [1.807, 2.05) is 0 Å². The summed E-state index contributed by atoms with van der Waals surface area (Å²) in [5.74, 6) is 0. The average molecular weight is 181 g/mol. The summed E-state index contributed by atoms with van der Waals surface area (Å²) in [4.78, 5) is 0. The van der Waals surface area contributed by atoms with Crippen LogP contribution in [0.4, 0.5) is 0 Å². The molecule has 0 atom stereocenters. The van der Waals surface area contributed by atoms with Gasteiger partial charge >= 0.3 is 0 Å². The van der Waals surface area contributed by atoms with Gasteiger partial charge < -0.3 is 5.32 Å². The van der Waals surface area contributed by atoms with Crippen molar-refractivity contribution < 1.29 is 0 Å². The molecule has 1 N–H and O–H groups in total. The predicted molar refractivity (Wildman–Crippen MR) is 43.8 cm³/mol. The van der Waals surface area contributed by atoms with Crippen molar-refractivity contribution >= 4 is 37.2 Å². The van der Waals surface area contributed by atoms with Crippen LogP contribution in [0.15, 0.2) is 0 Å². The fourth-order valence-corrected chi connectivity index (χ4v) is 0.625. The summed E-state index contributed by atoms with van der Waals surface area (Å²) in [5.41, 5.74) is 0. The summed E-state index contributed by atoms with van der Waals surface area (Å²) in [5, 5.41) is 3.22. The summed E-state index contributed by atoms with van der Waals surface area (Å²) in [6.07, 6.45) is 2.78. The lowest BCUT2D eigenvalue weighted by Crippen LogP contribution is -2.03. The number of hydrogen-bond donors (Lipinski definition) is 1. The molecule has 1 aliphatic rings. The van der Waals surface area contributed by atoms with Crippen LogP contribution in [0.2, 0.25) is 0 Å². The molecule has 0 bridgehead atoms. The highest BCUT2D eigenvalue weighted by Gasteiger charge is 1.93. The van der Waals surface area contributed by atoms with Crippen LogP contribution in [0.3, 0.4) is 0 Å². The van der Waals surface area contributed by atoms with E-state index in [0.29, 0.717) is 0 Å². The topological polar surface area (TPSA) is 12.0 Å². The van der Waals surface area contributed by atoms with Crippen LogP contribution in [0.5, 0.6) is 0 Å². The number of halogens is 3. The van der Waals surface area contributed by atoms with Gasteiger partial charge in [-0.3, -0.25) is 0 Å². The fraction of sp³-hybridized carbons (Fsp3) is 1.00. The van der Waals surface area contributed by atoms with Crippen molar-refractivity contribution in [1.82, 2.24) is 5.32 Å². The van der Waals surface area contributed by atoms with Gasteiger partial charge in [-0.1, -0.05) is 0 Å². The molecule has 0 aliphatic carbocycles. The van der Waals surface area contributed by atoms with Crippen LogP contribution in [0.25, 0.3) is 0 Å². The van der Waals surface area contributed by atoms with Crippen LogP contribution >= 0.6 is 37.2 Å². The van der Waals surface area contributed by atoms with Crippen LogP contribution in [0.1, 0.15) is 12.8 Å². The Kier molecular flexibility index (Phi) is 21.4. The van der Waals surface area contributed by atoms with E-state index in [2.05, 4.69) is 5.32 Å². The largest absolute Gasteiger partial charge is 0.317 e. The molecule has 1 rings (SSSR count). The molecule has 0 amide bonds. The molecular weight excluding hydrogens is 168 g/mol. The third-order valence-electron chi connectivity index (χ3n) is 0.957. The lowest BCUT2D eigenvalue weighted by molar-refractivity contribution is 0.857. The second kappa shape index (κ2) is 10.7. The minimum atomic E-state index is 0. The quantitative estimate of drug-likeness (QED) is 0.598. The maximum Gasteiger partial charge on any atom is -0.00484 e. The van der Waals surface area contributed by atoms with Crippen molar-refractivity contribution in [2.24, 2.45) is 0 Å². The van der Waals surface area contributed by atoms with Gasteiger partial charge in [-0.15, -0.1) is 37.2 Å². The van der Waals surface area contributed by atoms with Gasteiger partial charge in [0.1, 0.15) is 0 Å². The molecule has 0 aromatic rings. The van der Waals surface area contributed by atoms with Crippen LogP contribution in [0, 0.1) is 0 Å². The van der Waals surface area contributed by atoms with E-state index in [1.54, 1.807) is 0 Å². The molecule has 0 radical (unpaired) electrons. The number of hydrogen-bond acceptors (Lipinski definition) is 1. The first-order valence-electron chi connectivity index (χ1n) is 2.21. The van der Waals surface area contributed by atoms with Gasteiger partial charge in [0.25, 0.3) is 0 Å². The molecule has 0 spiro atoms. The Morgan fingerprint density at radius 2 is 1.12 bits per heavy atom. The molecule has 0 unspecified atom stereocenters. The van der Waals surface area contributed by atoms with E-state index < -0.39 is 0 Å². The Balaban J connectivity index is -0.0000000833. The molecule has 0 aromatic heterocycles. The summed E-state index contributed by atoms with van der Waals surface area (Å²) in [7, 11) is 0. The van der Waals surface area contributed by atoms with Gasteiger partial charge in [-0.05, 0) is 25.9 Å². The summed E-state index contributed by atoms with van der Waals surface area (Å²) < 4.78 is 0. The molecule has 0 aromatic carbocycles. The molecule has 1 fully saturated rings. The van der Waals surface area contributed by atoms with Crippen molar-refractivity contribution in [1.29, 1.82) is 0 Å². The van der Waals surface area contributed by atoms with Crippen molar-refractivity contribution in [3.63, 3.8) is 0 Å².